The highest BCUT2D eigenvalue weighted by atomic mass is 14.2. The van der Waals surface area contributed by atoms with Gasteiger partial charge in [0.2, 0.25) is 0 Å². The van der Waals surface area contributed by atoms with Crippen molar-refractivity contribution < 1.29 is 0 Å². The summed E-state index contributed by atoms with van der Waals surface area (Å²) in [6, 6.07) is 0. The van der Waals surface area contributed by atoms with Crippen molar-refractivity contribution in [3.63, 3.8) is 0 Å². The smallest absolute Gasteiger partial charge is 0.0322 e. The van der Waals surface area contributed by atoms with E-state index in [-0.39, 0.29) is 0 Å². The van der Waals surface area contributed by atoms with Crippen molar-refractivity contribution in [2.45, 2.75) is 67.2 Å². The first-order valence-corrected chi connectivity index (χ1v) is 6.00. The predicted octanol–water partition coefficient (Wildman–Crippen LogP) is 5.20. The Morgan fingerprint density at radius 2 is 1.86 bits per heavy atom. The number of hydrogen-bond donors (Lipinski definition) is 0. The van der Waals surface area contributed by atoms with Crippen LogP contribution in [-0.4, -0.2) is 0 Å². The summed E-state index contributed by atoms with van der Waals surface area (Å²) < 4.78 is 0. The van der Waals surface area contributed by atoms with Crippen LogP contribution in [0.1, 0.15) is 67.2 Å². The van der Waals surface area contributed by atoms with Gasteiger partial charge in [-0.1, -0.05) is 52.7 Å². The predicted molar refractivity (Wildman–Crippen MR) is 66.5 cm³/mol. The molecule has 0 N–H and O–H groups in total. The van der Waals surface area contributed by atoms with E-state index in [2.05, 4.69) is 47.6 Å². The maximum absolute atomic E-state index is 2.43. The van der Waals surface area contributed by atoms with Gasteiger partial charge in [0.05, 0.1) is 0 Å². The van der Waals surface area contributed by atoms with Crippen molar-refractivity contribution in [3.05, 3.63) is 11.6 Å². The summed E-state index contributed by atoms with van der Waals surface area (Å²) in [6.07, 6.45) is 7.55. The molecule has 0 bridgehead atoms. The Morgan fingerprint density at radius 1 is 1.29 bits per heavy atom. The van der Waals surface area contributed by atoms with Gasteiger partial charge in [0, 0.05) is 0 Å². The molecule has 1 unspecified atom stereocenters. The van der Waals surface area contributed by atoms with Crippen LogP contribution in [0, 0.1) is 11.3 Å². The average molecular weight is 196 g/mol. The van der Waals surface area contributed by atoms with E-state index in [0.717, 1.165) is 5.92 Å². The normalized spacial score (nSPS) is 15.7. The molecule has 0 saturated heterocycles. The van der Waals surface area contributed by atoms with Crippen LogP contribution in [0.2, 0.25) is 0 Å². The van der Waals surface area contributed by atoms with Gasteiger partial charge in [-0.05, 0) is 37.5 Å². The van der Waals surface area contributed by atoms with Gasteiger partial charge >= 0.3 is 0 Å². The van der Waals surface area contributed by atoms with Crippen molar-refractivity contribution in [1.82, 2.24) is 0 Å². The van der Waals surface area contributed by atoms with Crippen molar-refractivity contribution in [3.8, 4) is 0 Å². The first-order valence-electron chi connectivity index (χ1n) is 6.00. The Labute approximate surface area is 90.8 Å². The first kappa shape index (κ1) is 13.7. The Balaban J connectivity index is 3.84. The molecular formula is C14H28. The maximum atomic E-state index is 2.43. The van der Waals surface area contributed by atoms with E-state index < -0.39 is 0 Å². The molecule has 0 aromatic rings. The summed E-state index contributed by atoms with van der Waals surface area (Å²) in [5, 5.41) is 0. The third-order valence-electron chi connectivity index (χ3n) is 2.47. The molecule has 0 aliphatic carbocycles. The lowest BCUT2D eigenvalue weighted by Gasteiger charge is -2.22. The van der Waals surface area contributed by atoms with Crippen LogP contribution in [-0.2, 0) is 0 Å². The highest BCUT2D eigenvalue weighted by Gasteiger charge is 2.14. The minimum absolute atomic E-state index is 0.478. The maximum Gasteiger partial charge on any atom is -0.0322 e. The molecule has 0 fully saturated rings. The minimum atomic E-state index is 0.478. The van der Waals surface area contributed by atoms with Crippen LogP contribution >= 0.6 is 0 Å². The largest absolute Gasteiger partial charge is 0.0853 e. The van der Waals surface area contributed by atoms with Gasteiger partial charge in [0.15, 0.2) is 0 Å². The van der Waals surface area contributed by atoms with Crippen LogP contribution in [0.5, 0.6) is 0 Å². The third kappa shape index (κ3) is 8.34. The number of hydrogen-bond acceptors (Lipinski definition) is 0. The van der Waals surface area contributed by atoms with E-state index in [1.807, 2.05) is 0 Å². The van der Waals surface area contributed by atoms with Gasteiger partial charge in [-0.15, -0.1) is 0 Å². The van der Waals surface area contributed by atoms with Crippen molar-refractivity contribution in [2.75, 3.05) is 0 Å². The van der Waals surface area contributed by atoms with Gasteiger partial charge in [0.25, 0.3) is 0 Å². The van der Waals surface area contributed by atoms with Crippen molar-refractivity contribution in [1.29, 1.82) is 0 Å². The van der Waals surface area contributed by atoms with Crippen molar-refractivity contribution in [2.24, 2.45) is 11.3 Å². The zero-order chi connectivity index (χ0) is 11.2. The van der Waals surface area contributed by atoms with Gasteiger partial charge in [-0.3, -0.25) is 0 Å². The minimum Gasteiger partial charge on any atom is -0.0853 e. The molecule has 0 aromatic heterocycles. The summed E-state index contributed by atoms with van der Waals surface area (Å²) in [4.78, 5) is 0. The Kier molecular flexibility index (Phi) is 6.15. The Bertz CT molecular complexity index is 169. The topological polar surface area (TPSA) is 0 Å². The van der Waals surface area contributed by atoms with E-state index >= 15 is 0 Å². The summed E-state index contributed by atoms with van der Waals surface area (Å²) in [6.45, 7) is 13.8. The lowest BCUT2D eigenvalue weighted by Crippen LogP contribution is -2.10. The molecule has 0 radical (unpaired) electrons. The molecule has 0 heteroatoms. The lowest BCUT2D eigenvalue weighted by atomic mass is 9.84. The van der Waals surface area contributed by atoms with Gasteiger partial charge in [-0.25, -0.2) is 0 Å². The molecule has 0 aliphatic heterocycles. The fraction of sp³-hybridized carbons (Fsp3) is 0.857. The molecule has 84 valence electrons. The van der Waals surface area contributed by atoms with E-state index in [1.165, 1.54) is 25.7 Å². The van der Waals surface area contributed by atoms with Gasteiger partial charge in [0.1, 0.15) is 0 Å². The second kappa shape index (κ2) is 6.27. The fourth-order valence-corrected chi connectivity index (χ4v) is 2.03. The quantitative estimate of drug-likeness (QED) is 0.530. The SMILES string of the molecule is CCCC(C)=CCC(C)CC(C)(C)C. The summed E-state index contributed by atoms with van der Waals surface area (Å²) in [5.74, 6) is 0.821. The van der Waals surface area contributed by atoms with E-state index in [4.69, 9.17) is 0 Å². The van der Waals surface area contributed by atoms with Crippen LogP contribution < -0.4 is 0 Å². The van der Waals surface area contributed by atoms with Crippen LogP contribution in [0.15, 0.2) is 11.6 Å². The molecule has 0 rings (SSSR count). The summed E-state index contributed by atoms with van der Waals surface area (Å²) in [5.41, 5.74) is 2.04. The zero-order valence-corrected chi connectivity index (χ0v) is 11.0. The molecule has 0 heterocycles. The second-order valence-corrected chi connectivity index (χ2v) is 5.91. The highest BCUT2D eigenvalue weighted by Crippen LogP contribution is 2.26. The monoisotopic (exact) mass is 196 g/mol. The third-order valence-corrected chi connectivity index (χ3v) is 2.47. The summed E-state index contributed by atoms with van der Waals surface area (Å²) >= 11 is 0. The zero-order valence-electron chi connectivity index (χ0n) is 11.0. The molecular weight excluding hydrogens is 168 g/mol. The summed E-state index contributed by atoms with van der Waals surface area (Å²) in [7, 11) is 0. The van der Waals surface area contributed by atoms with Crippen LogP contribution in [0.3, 0.4) is 0 Å². The molecule has 1 atom stereocenters. The average Bonchev–Trinajstić information content (AvgIpc) is 1.98. The first-order chi connectivity index (χ1) is 6.35. The molecule has 0 aromatic carbocycles. The lowest BCUT2D eigenvalue weighted by molar-refractivity contribution is 0.308. The Morgan fingerprint density at radius 3 is 2.29 bits per heavy atom. The molecule has 0 amide bonds. The standard InChI is InChI=1S/C14H28/c1-7-8-12(2)9-10-13(3)11-14(4,5)6/h9,13H,7-8,10-11H2,1-6H3. The fourth-order valence-electron chi connectivity index (χ4n) is 2.03. The Hall–Kier alpha value is -0.260. The van der Waals surface area contributed by atoms with Gasteiger partial charge in [-0.2, -0.15) is 0 Å². The van der Waals surface area contributed by atoms with E-state index in [1.54, 1.807) is 5.57 Å². The molecule has 0 saturated carbocycles. The molecule has 0 spiro atoms. The van der Waals surface area contributed by atoms with E-state index in [0.29, 0.717) is 5.41 Å². The van der Waals surface area contributed by atoms with Crippen molar-refractivity contribution >= 4 is 0 Å². The second-order valence-electron chi connectivity index (χ2n) is 5.91. The molecule has 14 heavy (non-hydrogen) atoms. The number of allylic oxidation sites excluding steroid dienone is 2. The highest BCUT2D eigenvalue weighted by molar-refractivity contribution is 4.98. The number of rotatable bonds is 5. The van der Waals surface area contributed by atoms with Crippen LogP contribution in [0.25, 0.3) is 0 Å². The molecule has 0 nitrogen and oxygen atoms in total. The van der Waals surface area contributed by atoms with Gasteiger partial charge < -0.3 is 0 Å². The van der Waals surface area contributed by atoms with Crippen LogP contribution in [0.4, 0.5) is 0 Å². The molecule has 0 aliphatic rings. The van der Waals surface area contributed by atoms with E-state index in [9.17, 15) is 0 Å².